The molecule has 0 radical (unpaired) electrons. The van der Waals surface area contributed by atoms with Gasteiger partial charge in [0.15, 0.2) is 5.82 Å². The lowest BCUT2D eigenvalue weighted by Gasteiger charge is -1.95. The van der Waals surface area contributed by atoms with E-state index >= 15 is 0 Å². The van der Waals surface area contributed by atoms with Gasteiger partial charge in [-0.3, -0.25) is 0 Å². The molecule has 90 valence electrons. The first kappa shape index (κ1) is 10.9. The van der Waals surface area contributed by atoms with Crippen LogP contribution in [0.3, 0.4) is 0 Å². The maximum absolute atomic E-state index is 5.31. The predicted octanol–water partition coefficient (Wildman–Crippen LogP) is 2.61. The first-order chi connectivity index (χ1) is 8.36. The third kappa shape index (κ3) is 2.40. The van der Waals surface area contributed by atoms with Gasteiger partial charge in [-0.1, -0.05) is 12.1 Å². The fourth-order valence-electron chi connectivity index (χ4n) is 1.74. The van der Waals surface area contributed by atoms with Crippen LogP contribution in [0.2, 0.25) is 0 Å². The van der Waals surface area contributed by atoms with Crippen LogP contribution in [0.5, 0.6) is 0 Å². The Morgan fingerprint density at radius 2 is 2.41 bits per heavy atom. The molecule has 0 aromatic carbocycles. The molecular weight excluding hydrogens is 234 g/mol. The van der Waals surface area contributed by atoms with E-state index in [9.17, 15) is 0 Å². The van der Waals surface area contributed by atoms with Gasteiger partial charge in [-0.25, -0.2) is 0 Å². The first-order valence-corrected chi connectivity index (χ1v) is 6.87. The summed E-state index contributed by atoms with van der Waals surface area (Å²) in [5, 5.41) is 9.45. The van der Waals surface area contributed by atoms with Crippen molar-refractivity contribution < 1.29 is 4.52 Å². The molecule has 0 spiro atoms. The molecule has 2 heterocycles. The van der Waals surface area contributed by atoms with Crippen molar-refractivity contribution in [1.82, 2.24) is 15.5 Å². The molecule has 0 aliphatic heterocycles. The summed E-state index contributed by atoms with van der Waals surface area (Å²) in [4.78, 5) is 5.54. The zero-order chi connectivity index (χ0) is 11.7. The van der Waals surface area contributed by atoms with Gasteiger partial charge in [0, 0.05) is 6.04 Å². The minimum Gasteiger partial charge on any atom is -0.333 e. The molecule has 0 atom stereocenters. The van der Waals surface area contributed by atoms with E-state index in [4.69, 9.17) is 4.52 Å². The van der Waals surface area contributed by atoms with Gasteiger partial charge < -0.3 is 9.84 Å². The molecule has 3 rings (SSSR count). The van der Waals surface area contributed by atoms with Crippen LogP contribution in [-0.2, 0) is 13.0 Å². The second-order valence-electron chi connectivity index (χ2n) is 4.30. The number of rotatable bonds is 5. The second kappa shape index (κ2) is 4.58. The maximum Gasteiger partial charge on any atom is 0.268 e. The monoisotopic (exact) mass is 249 g/mol. The van der Waals surface area contributed by atoms with Crippen molar-refractivity contribution in [3.8, 4) is 10.8 Å². The van der Waals surface area contributed by atoms with E-state index < -0.39 is 0 Å². The molecule has 1 aliphatic carbocycles. The molecule has 1 saturated carbocycles. The molecule has 5 heteroatoms. The van der Waals surface area contributed by atoms with Crippen LogP contribution in [0.15, 0.2) is 16.0 Å². The lowest BCUT2D eigenvalue weighted by Crippen LogP contribution is -2.16. The number of hydrogen-bond donors (Lipinski definition) is 1. The van der Waals surface area contributed by atoms with Crippen LogP contribution in [0, 0.1) is 0 Å². The van der Waals surface area contributed by atoms with Crippen molar-refractivity contribution >= 4 is 11.3 Å². The van der Waals surface area contributed by atoms with Crippen molar-refractivity contribution in [3.05, 3.63) is 22.8 Å². The molecule has 2 aromatic rings. The Hall–Kier alpha value is -1.20. The Labute approximate surface area is 104 Å². The number of thiophene rings is 1. The van der Waals surface area contributed by atoms with Crippen LogP contribution in [0.25, 0.3) is 10.8 Å². The Bertz CT molecular complexity index is 501. The molecule has 1 N–H and O–H groups in total. The Kier molecular flexibility index (Phi) is 2.94. The number of nitrogens with zero attached hydrogens (tertiary/aromatic N) is 2. The molecule has 2 aromatic heterocycles. The summed E-state index contributed by atoms with van der Waals surface area (Å²) in [6, 6.07) is 2.79. The van der Waals surface area contributed by atoms with E-state index in [2.05, 4.69) is 33.8 Å². The number of nitrogens with one attached hydrogen (secondary N) is 1. The van der Waals surface area contributed by atoms with E-state index in [1.54, 1.807) is 11.3 Å². The summed E-state index contributed by atoms with van der Waals surface area (Å²) in [6.45, 7) is 2.85. The quantitative estimate of drug-likeness (QED) is 0.885. The Morgan fingerprint density at radius 1 is 1.53 bits per heavy atom. The van der Waals surface area contributed by atoms with Gasteiger partial charge in [-0.05, 0) is 36.3 Å². The van der Waals surface area contributed by atoms with Gasteiger partial charge in [0.25, 0.3) is 5.89 Å². The largest absolute Gasteiger partial charge is 0.333 e. The van der Waals surface area contributed by atoms with E-state index in [-0.39, 0.29) is 0 Å². The third-order valence-corrected chi connectivity index (χ3v) is 3.86. The van der Waals surface area contributed by atoms with E-state index in [0.29, 0.717) is 18.5 Å². The SMILES string of the molecule is CCc1ccsc1-c1nc(CNC2CC2)no1. The molecule has 0 saturated heterocycles. The Morgan fingerprint density at radius 3 is 3.18 bits per heavy atom. The summed E-state index contributed by atoms with van der Waals surface area (Å²) in [7, 11) is 0. The predicted molar refractivity (Wildman–Crippen MR) is 66.9 cm³/mol. The highest BCUT2D eigenvalue weighted by molar-refractivity contribution is 7.13. The standard InChI is InChI=1S/C12H15N3OS/c1-2-8-5-6-17-11(8)12-14-10(15-16-12)7-13-9-3-4-9/h5-6,9,13H,2-4,7H2,1H3. The minimum absolute atomic E-state index is 0.657. The average molecular weight is 249 g/mol. The molecule has 4 nitrogen and oxygen atoms in total. The van der Waals surface area contributed by atoms with Gasteiger partial charge in [0.1, 0.15) is 0 Å². The fourth-order valence-corrected chi connectivity index (χ4v) is 2.66. The van der Waals surface area contributed by atoms with Crippen molar-refractivity contribution in [1.29, 1.82) is 0 Å². The van der Waals surface area contributed by atoms with Crippen molar-refractivity contribution in [2.24, 2.45) is 0 Å². The van der Waals surface area contributed by atoms with Gasteiger partial charge in [-0.2, -0.15) is 4.98 Å². The first-order valence-electron chi connectivity index (χ1n) is 5.99. The summed E-state index contributed by atoms with van der Waals surface area (Å²) in [5.41, 5.74) is 1.28. The molecule has 1 fully saturated rings. The highest BCUT2D eigenvalue weighted by Gasteiger charge is 2.21. The lowest BCUT2D eigenvalue weighted by atomic mass is 10.2. The van der Waals surface area contributed by atoms with Gasteiger partial charge >= 0.3 is 0 Å². The van der Waals surface area contributed by atoms with Crippen molar-refractivity contribution in [2.45, 2.75) is 38.8 Å². The summed E-state index contributed by atoms with van der Waals surface area (Å²) in [5.74, 6) is 1.41. The van der Waals surface area contributed by atoms with E-state index in [0.717, 1.165) is 17.1 Å². The van der Waals surface area contributed by atoms with Gasteiger partial charge in [0.2, 0.25) is 0 Å². The number of aryl methyl sites for hydroxylation is 1. The van der Waals surface area contributed by atoms with Crippen molar-refractivity contribution in [2.75, 3.05) is 0 Å². The second-order valence-corrected chi connectivity index (χ2v) is 5.22. The van der Waals surface area contributed by atoms with Crippen molar-refractivity contribution in [3.63, 3.8) is 0 Å². The van der Waals surface area contributed by atoms with E-state index in [1.165, 1.54) is 18.4 Å². The zero-order valence-electron chi connectivity index (χ0n) is 9.77. The topological polar surface area (TPSA) is 51.0 Å². The average Bonchev–Trinajstić information content (AvgIpc) is 2.89. The van der Waals surface area contributed by atoms with Crippen LogP contribution < -0.4 is 5.32 Å². The highest BCUT2D eigenvalue weighted by atomic mass is 32.1. The highest BCUT2D eigenvalue weighted by Crippen LogP contribution is 2.28. The normalized spacial score (nSPS) is 15.4. The minimum atomic E-state index is 0.657. The Balaban J connectivity index is 1.74. The van der Waals surface area contributed by atoms with Crippen LogP contribution in [0.1, 0.15) is 31.2 Å². The molecule has 0 amide bonds. The molecule has 1 aliphatic rings. The van der Waals surface area contributed by atoms with Gasteiger partial charge in [0.05, 0.1) is 11.4 Å². The number of aromatic nitrogens is 2. The van der Waals surface area contributed by atoms with E-state index in [1.807, 2.05) is 0 Å². The van der Waals surface area contributed by atoms with Crippen LogP contribution in [0.4, 0.5) is 0 Å². The molecular formula is C12H15N3OS. The third-order valence-electron chi connectivity index (χ3n) is 2.92. The van der Waals surface area contributed by atoms with Gasteiger partial charge in [-0.15, -0.1) is 11.3 Å². The maximum atomic E-state index is 5.31. The van der Waals surface area contributed by atoms with Crippen LogP contribution >= 0.6 is 11.3 Å². The lowest BCUT2D eigenvalue weighted by molar-refractivity contribution is 0.419. The summed E-state index contributed by atoms with van der Waals surface area (Å²) >= 11 is 1.66. The summed E-state index contributed by atoms with van der Waals surface area (Å²) < 4.78 is 5.31. The summed E-state index contributed by atoms with van der Waals surface area (Å²) in [6.07, 6.45) is 3.54. The smallest absolute Gasteiger partial charge is 0.268 e. The molecule has 17 heavy (non-hydrogen) atoms. The van der Waals surface area contributed by atoms with Crippen LogP contribution in [-0.4, -0.2) is 16.2 Å². The molecule has 0 bridgehead atoms. The fraction of sp³-hybridized carbons (Fsp3) is 0.500. The number of hydrogen-bond acceptors (Lipinski definition) is 5. The molecule has 0 unspecified atom stereocenters. The zero-order valence-corrected chi connectivity index (χ0v) is 10.6.